The van der Waals surface area contributed by atoms with E-state index in [1.165, 1.54) is 6.07 Å². The quantitative estimate of drug-likeness (QED) is 0.326. The summed E-state index contributed by atoms with van der Waals surface area (Å²) < 4.78 is 22.6. The van der Waals surface area contributed by atoms with Crippen molar-refractivity contribution in [3.8, 4) is 0 Å². The van der Waals surface area contributed by atoms with Gasteiger partial charge < -0.3 is 28.3 Å². The van der Waals surface area contributed by atoms with E-state index in [-0.39, 0.29) is 6.03 Å². The fourth-order valence-electron chi connectivity index (χ4n) is 3.09. The Morgan fingerprint density at radius 3 is 2.34 bits per heavy atom. The van der Waals surface area contributed by atoms with E-state index < -0.39 is 14.4 Å². The Kier molecular flexibility index (Phi) is 8.84. The number of aryl methyl sites for hydroxylation is 1. The summed E-state index contributed by atoms with van der Waals surface area (Å²) in [6, 6.07) is 6.96. The van der Waals surface area contributed by atoms with Gasteiger partial charge in [-0.05, 0) is 51.8 Å². The van der Waals surface area contributed by atoms with Crippen molar-refractivity contribution < 1.29 is 22.5 Å². The van der Waals surface area contributed by atoms with E-state index in [9.17, 15) is 9.59 Å². The Morgan fingerprint density at radius 1 is 1.07 bits per heavy atom. The molecule has 0 aliphatic heterocycles. The number of urea groups is 1. The molecule has 8 nitrogen and oxygen atoms in total. The van der Waals surface area contributed by atoms with Gasteiger partial charge in [0.1, 0.15) is 5.58 Å². The first-order valence-electron chi connectivity index (χ1n) is 9.94. The van der Waals surface area contributed by atoms with Gasteiger partial charge in [0, 0.05) is 55.6 Å². The van der Waals surface area contributed by atoms with Crippen LogP contribution < -0.4 is 16.3 Å². The van der Waals surface area contributed by atoms with Crippen molar-refractivity contribution in [1.82, 2.24) is 5.32 Å². The molecule has 1 aromatic carbocycles. The highest BCUT2D eigenvalue weighted by Gasteiger charge is 2.39. The standard InChI is InChI=1S/C20H30N2O6Si/c1-5-25-29(26-6-2,27-7-3)12-8-11-21-20(24)22-16-9-10-17-15(4)13-19(23)28-18(17)14-16/h9-10,13-14H,5-8,11-12H2,1-4H3,(H2,21,22,24). The van der Waals surface area contributed by atoms with Crippen LogP contribution >= 0.6 is 0 Å². The van der Waals surface area contributed by atoms with Crippen LogP contribution in [0.5, 0.6) is 0 Å². The summed E-state index contributed by atoms with van der Waals surface area (Å²) in [5.74, 6) is 0. The topological polar surface area (TPSA) is 99.0 Å². The van der Waals surface area contributed by atoms with Crippen molar-refractivity contribution in [2.75, 3.05) is 31.7 Å². The molecule has 0 atom stereocenters. The number of carbonyl (C=O) groups is 1. The average Bonchev–Trinajstić information content (AvgIpc) is 2.65. The van der Waals surface area contributed by atoms with Gasteiger partial charge in [0.15, 0.2) is 0 Å². The van der Waals surface area contributed by atoms with Crippen molar-refractivity contribution in [2.45, 2.75) is 40.2 Å². The minimum absolute atomic E-state index is 0.337. The molecule has 0 fully saturated rings. The largest absolute Gasteiger partial charge is 0.500 e. The molecule has 0 bridgehead atoms. The zero-order chi connectivity index (χ0) is 21.3. The van der Waals surface area contributed by atoms with E-state index >= 15 is 0 Å². The van der Waals surface area contributed by atoms with Crippen molar-refractivity contribution in [2.24, 2.45) is 0 Å². The van der Waals surface area contributed by atoms with Crippen LogP contribution in [0, 0.1) is 6.92 Å². The molecule has 29 heavy (non-hydrogen) atoms. The minimum Gasteiger partial charge on any atom is -0.423 e. The van der Waals surface area contributed by atoms with Crippen LogP contribution in [0.3, 0.4) is 0 Å². The summed E-state index contributed by atoms with van der Waals surface area (Å²) in [5, 5.41) is 6.40. The number of hydrogen-bond acceptors (Lipinski definition) is 6. The Hall–Kier alpha value is -2.20. The lowest BCUT2D eigenvalue weighted by atomic mass is 10.1. The number of fused-ring (bicyclic) bond motifs is 1. The Balaban J connectivity index is 1.89. The van der Waals surface area contributed by atoms with Crippen molar-refractivity contribution in [3.63, 3.8) is 0 Å². The summed E-state index contributed by atoms with van der Waals surface area (Å²) in [6.07, 6.45) is 0.672. The van der Waals surface area contributed by atoms with Crippen LogP contribution in [0.4, 0.5) is 10.5 Å². The third-order valence-electron chi connectivity index (χ3n) is 4.25. The van der Waals surface area contributed by atoms with Gasteiger partial charge >= 0.3 is 20.5 Å². The zero-order valence-corrected chi connectivity index (χ0v) is 18.5. The second-order valence-corrected chi connectivity index (χ2v) is 9.16. The molecule has 2 aromatic rings. The molecule has 0 saturated carbocycles. The molecular formula is C20H30N2O6Si. The second kappa shape index (κ2) is 11.1. The summed E-state index contributed by atoms with van der Waals surface area (Å²) in [4.78, 5) is 23.7. The first-order valence-corrected chi connectivity index (χ1v) is 11.9. The smallest absolute Gasteiger partial charge is 0.423 e. The molecule has 1 heterocycles. The molecular weight excluding hydrogens is 392 g/mol. The number of hydrogen-bond donors (Lipinski definition) is 2. The van der Waals surface area contributed by atoms with Crippen LogP contribution in [-0.2, 0) is 13.3 Å². The van der Waals surface area contributed by atoms with Crippen molar-refractivity contribution >= 4 is 31.5 Å². The van der Waals surface area contributed by atoms with Crippen LogP contribution in [0.25, 0.3) is 11.0 Å². The molecule has 0 spiro atoms. The van der Waals surface area contributed by atoms with E-state index in [4.69, 9.17) is 17.7 Å². The van der Waals surface area contributed by atoms with E-state index in [2.05, 4.69) is 10.6 Å². The lowest BCUT2D eigenvalue weighted by Crippen LogP contribution is -2.46. The van der Waals surface area contributed by atoms with E-state index in [0.29, 0.717) is 50.1 Å². The van der Waals surface area contributed by atoms with Crippen LogP contribution in [-0.4, -0.2) is 41.2 Å². The molecule has 1 aromatic heterocycles. The Labute approximate surface area is 171 Å². The van der Waals surface area contributed by atoms with Crippen LogP contribution in [0.2, 0.25) is 6.04 Å². The number of amides is 2. The molecule has 0 aliphatic carbocycles. The lowest BCUT2D eigenvalue weighted by molar-refractivity contribution is 0.0708. The molecule has 160 valence electrons. The third kappa shape index (κ3) is 6.67. The highest BCUT2D eigenvalue weighted by molar-refractivity contribution is 6.60. The first kappa shape index (κ1) is 23.1. The van der Waals surface area contributed by atoms with E-state index in [0.717, 1.165) is 10.9 Å². The number of nitrogens with one attached hydrogen (secondary N) is 2. The fraction of sp³-hybridized carbons (Fsp3) is 0.500. The SMILES string of the molecule is CCO[Si](CCCNC(=O)Nc1ccc2c(C)cc(=O)oc2c1)(OCC)OCC. The number of anilines is 1. The van der Waals surface area contributed by atoms with Gasteiger partial charge in [-0.25, -0.2) is 9.59 Å². The van der Waals surface area contributed by atoms with E-state index in [1.807, 2.05) is 33.8 Å². The molecule has 2 amide bonds. The van der Waals surface area contributed by atoms with Crippen LogP contribution in [0.15, 0.2) is 33.5 Å². The van der Waals surface area contributed by atoms with Gasteiger partial charge in [-0.3, -0.25) is 0 Å². The van der Waals surface area contributed by atoms with Gasteiger partial charge in [0.2, 0.25) is 0 Å². The van der Waals surface area contributed by atoms with Gasteiger partial charge in [-0.1, -0.05) is 0 Å². The number of benzene rings is 1. The maximum absolute atomic E-state index is 12.2. The third-order valence-corrected chi connectivity index (χ3v) is 7.40. The molecule has 0 saturated heterocycles. The van der Waals surface area contributed by atoms with Gasteiger partial charge in [0.05, 0.1) is 0 Å². The van der Waals surface area contributed by atoms with Gasteiger partial charge in [-0.15, -0.1) is 0 Å². The Bertz CT molecular complexity index is 853. The normalized spacial score (nSPS) is 11.6. The lowest BCUT2D eigenvalue weighted by Gasteiger charge is -2.28. The maximum Gasteiger partial charge on any atom is 0.500 e. The molecule has 0 aliphatic rings. The second-order valence-electron chi connectivity index (χ2n) is 6.43. The van der Waals surface area contributed by atoms with Gasteiger partial charge in [-0.2, -0.15) is 0 Å². The number of rotatable bonds is 11. The van der Waals surface area contributed by atoms with Crippen molar-refractivity contribution in [1.29, 1.82) is 0 Å². The predicted octanol–water partition coefficient (Wildman–Crippen LogP) is 3.66. The number of carbonyl (C=O) groups excluding carboxylic acids is 1. The fourth-order valence-corrected chi connectivity index (χ4v) is 5.70. The van der Waals surface area contributed by atoms with Gasteiger partial charge in [0.25, 0.3) is 0 Å². The monoisotopic (exact) mass is 422 g/mol. The zero-order valence-electron chi connectivity index (χ0n) is 17.5. The molecule has 0 radical (unpaired) electrons. The summed E-state index contributed by atoms with van der Waals surface area (Å²) in [5.41, 5.74) is 1.40. The van der Waals surface area contributed by atoms with E-state index in [1.54, 1.807) is 12.1 Å². The highest BCUT2D eigenvalue weighted by atomic mass is 28.4. The molecule has 0 unspecified atom stereocenters. The summed E-state index contributed by atoms with van der Waals surface area (Å²) in [6.45, 7) is 9.62. The Morgan fingerprint density at radius 2 is 1.72 bits per heavy atom. The molecule has 2 rings (SSSR count). The summed E-state index contributed by atoms with van der Waals surface area (Å²) >= 11 is 0. The predicted molar refractivity (Wildman–Crippen MR) is 114 cm³/mol. The minimum atomic E-state index is -2.70. The molecule has 9 heteroatoms. The summed E-state index contributed by atoms with van der Waals surface area (Å²) in [7, 11) is -2.70. The molecule has 2 N–H and O–H groups in total. The highest BCUT2D eigenvalue weighted by Crippen LogP contribution is 2.21. The average molecular weight is 423 g/mol. The van der Waals surface area contributed by atoms with Crippen molar-refractivity contribution in [3.05, 3.63) is 40.2 Å². The maximum atomic E-state index is 12.2. The van der Waals surface area contributed by atoms with Crippen LogP contribution in [0.1, 0.15) is 32.8 Å². The first-order chi connectivity index (χ1) is 13.9.